The summed E-state index contributed by atoms with van der Waals surface area (Å²) in [6.07, 6.45) is 0. The Morgan fingerprint density at radius 3 is 2.46 bits per heavy atom. The molecule has 1 rings (SSSR count). The minimum absolute atomic E-state index is 0.200. The number of rotatable bonds is 1. The quantitative estimate of drug-likeness (QED) is 0.597. The molecule has 0 spiro atoms. The zero-order valence-electron chi connectivity index (χ0n) is 6.09. The summed E-state index contributed by atoms with van der Waals surface area (Å²) in [5.74, 6) is -0.649. The van der Waals surface area contributed by atoms with Crippen LogP contribution in [0.15, 0.2) is 21.5 Å². The summed E-state index contributed by atoms with van der Waals surface area (Å²) in [4.78, 5) is -0.200. The lowest BCUT2D eigenvalue weighted by molar-refractivity contribution is 0.590. The number of halogens is 3. The lowest BCUT2D eigenvalue weighted by atomic mass is 10.3. The average molecular weight is 380 g/mol. The van der Waals surface area contributed by atoms with E-state index < -0.39 is 15.8 Å². The largest absolute Gasteiger partial charge is 0.239 e. The molecule has 0 amide bonds. The summed E-state index contributed by atoms with van der Waals surface area (Å²) in [7, 11) is -3.84. The molecule has 0 aromatic heterocycles. The Balaban J connectivity index is 3.50. The van der Waals surface area contributed by atoms with Crippen LogP contribution in [0.5, 0.6) is 0 Å². The first-order valence-electron chi connectivity index (χ1n) is 2.99. The molecule has 0 fully saturated rings. The van der Waals surface area contributed by atoms with Crippen LogP contribution >= 0.6 is 38.5 Å². The van der Waals surface area contributed by atoms with Crippen molar-refractivity contribution in [2.45, 2.75) is 4.90 Å². The maximum absolute atomic E-state index is 12.9. The van der Waals surface area contributed by atoms with Crippen LogP contribution in [0, 0.1) is 9.39 Å². The lowest BCUT2D eigenvalue weighted by Crippen LogP contribution is -2.14. The van der Waals surface area contributed by atoms with Gasteiger partial charge in [-0.25, -0.2) is 17.9 Å². The third-order valence-electron chi connectivity index (χ3n) is 1.28. The van der Waals surface area contributed by atoms with Gasteiger partial charge in [-0.15, -0.1) is 0 Å². The molecule has 1 aromatic carbocycles. The highest BCUT2D eigenvalue weighted by Crippen LogP contribution is 2.24. The molecule has 2 N–H and O–H groups in total. The molecule has 0 aliphatic carbocycles. The van der Waals surface area contributed by atoms with Crippen LogP contribution in [-0.4, -0.2) is 8.42 Å². The maximum Gasteiger partial charge on any atom is 0.239 e. The summed E-state index contributed by atoms with van der Waals surface area (Å²) in [5.41, 5.74) is 0. The number of benzene rings is 1. The van der Waals surface area contributed by atoms with Crippen molar-refractivity contribution in [1.82, 2.24) is 0 Å². The van der Waals surface area contributed by atoms with E-state index in [1.54, 1.807) is 22.6 Å². The van der Waals surface area contributed by atoms with Crippen molar-refractivity contribution in [2.75, 3.05) is 0 Å². The fourth-order valence-electron chi connectivity index (χ4n) is 0.722. The van der Waals surface area contributed by atoms with Gasteiger partial charge in [0.2, 0.25) is 10.0 Å². The van der Waals surface area contributed by atoms with Crippen LogP contribution in [0.1, 0.15) is 0 Å². The van der Waals surface area contributed by atoms with Gasteiger partial charge in [-0.1, -0.05) is 0 Å². The van der Waals surface area contributed by atoms with E-state index in [-0.39, 0.29) is 9.37 Å². The molecule has 0 atom stereocenters. The van der Waals surface area contributed by atoms with Crippen molar-refractivity contribution in [3.05, 3.63) is 26.0 Å². The van der Waals surface area contributed by atoms with Gasteiger partial charge >= 0.3 is 0 Å². The molecule has 0 aliphatic rings. The van der Waals surface area contributed by atoms with E-state index in [0.717, 1.165) is 6.07 Å². The van der Waals surface area contributed by atoms with Gasteiger partial charge in [0.25, 0.3) is 0 Å². The molecule has 0 unspecified atom stereocenters. The first kappa shape index (κ1) is 11.3. The van der Waals surface area contributed by atoms with Gasteiger partial charge in [0, 0.05) is 3.57 Å². The van der Waals surface area contributed by atoms with E-state index in [9.17, 15) is 12.8 Å². The van der Waals surface area contributed by atoms with E-state index in [4.69, 9.17) is 5.14 Å². The predicted octanol–water partition coefficient (Wildman–Crippen LogP) is 1.84. The van der Waals surface area contributed by atoms with Crippen molar-refractivity contribution in [2.24, 2.45) is 5.14 Å². The monoisotopic (exact) mass is 379 g/mol. The highest BCUT2D eigenvalue weighted by molar-refractivity contribution is 14.1. The first-order valence-corrected chi connectivity index (χ1v) is 6.41. The van der Waals surface area contributed by atoms with Crippen LogP contribution < -0.4 is 5.14 Å². The minimum Gasteiger partial charge on any atom is -0.225 e. The van der Waals surface area contributed by atoms with E-state index in [2.05, 4.69) is 15.9 Å². The van der Waals surface area contributed by atoms with Crippen LogP contribution in [-0.2, 0) is 10.0 Å². The van der Waals surface area contributed by atoms with Crippen LogP contribution in [0.2, 0.25) is 0 Å². The zero-order valence-corrected chi connectivity index (χ0v) is 10.7. The molecule has 0 heterocycles. The molecule has 0 radical (unpaired) electrons. The second kappa shape index (κ2) is 3.79. The Hall–Kier alpha value is 0.270. The highest BCUT2D eigenvalue weighted by Gasteiger charge is 2.15. The van der Waals surface area contributed by atoms with Gasteiger partial charge < -0.3 is 0 Å². The fraction of sp³-hybridized carbons (Fsp3) is 0. The summed E-state index contributed by atoms with van der Waals surface area (Å²) in [6.45, 7) is 0. The number of sulfonamides is 1. The lowest BCUT2D eigenvalue weighted by Gasteiger charge is -2.02. The molecule has 0 bridgehead atoms. The Morgan fingerprint density at radius 1 is 1.46 bits per heavy atom. The van der Waals surface area contributed by atoms with Crippen molar-refractivity contribution in [3.8, 4) is 0 Å². The molecule has 7 heteroatoms. The Labute approximate surface area is 96.8 Å². The highest BCUT2D eigenvalue weighted by atomic mass is 127. The average Bonchev–Trinajstić information content (AvgIpc) is 1.94. The van der Waals surface area contributed by atoms with Gasteiger partial charge in [0.15, 0.2) is 0 Å². The van der Waals surface area contributed by atoms with Gasteiger partial charge in [0.1, 0.15) is 5.82 Å². The predicted molar refractivity (Wildman–Crippen MR) is 58.2 cm³/mol. The molecule has 72 valence electrons. The van der Waals surface area contributed by atoms with Crippen molar-refractivity contribution < 1.29 is 12.8 Å². The molecule has 0 saturated carbocycles. The smallest absolute Gasteiger partial charge is 0.225 e. The molecule has 13 heavy (non-hydrogen) atoms. The van der Waals surface area contributed by atoms with Crippen LogP contribution in [0.25, 0.3) is 0 Å². The number of primary sulfonamides is 1. The summed E-state index contributed by atoms with van der Waals surface area (Å²) in [6, 6.07) is 2.25. The third-order valence-corrected chi connectivity index (χ3v) is 4.10. The number of hydrogen-bond donors (Lipinski definition) is 1. The molecule has 3 nitrogen and oxygen atoms in total. The molecular formula is C6H4BrFINO2S. The molecular weight excluding hydrogens is 376 g/mol. The number of nitrogens with two attached hydrogens (primary N) is 1. The second-order valence-corrected chi connectivity index (χ2v) is 5.79. The van der Waals surface area contributed by atoms with Gasteiger partial charge in [-0.2, -0.15) is 0 Å². The summed E-state index contributed by atoms with van der Waals surface area (Å²) < 4.78 is 35.3. The van der Waals surface area contributed by atoms with Crippen molar-refractivity contribution in [3.63, 3.8) is 0 Å². The fourth-order valence-corrected chi connectivity index (χ4v) is 3.48. The normalized spacial score (nSPS) is 11.7. The van der Waals surface area contributed by atoms with Crippen LogP contribution in [0.3, 0.4) is 0 Å². The van der Waals surface area contributed by atoms with Crippen molar-refractivity contribution >= 4 is 48.5 Å². The third kappa shape index (κ3) is 2.61. The van der Waals surface area contributed by atoms with E-state index >= 15 is 0 Å². The molecule has 0 aliphatic heterocycles. The molecule has 1 aromatic rings. The van der Waals surface area contributed by atoms with E-state index in [0.29, 0.717) is 3.57 Å². The SMILES string of the molecule is NS(=O)(=O)c1cc(F)c(Br)cc1I. The topological polar surface area (TPSA) is 60.2 Å². The maximum atomic E-state index is 12.9. The van der Waals surface area contributed by atoms with E-state index in [1.165, 1.54) is 6.07 Å². The standard InChI is InChI=1S/C6H4BrFINO2S/c7-3-1-5(9)6(2-4(3)8)13(10,11)12/h1-2H,(H2,10,11,12). The summed E-state index contributed by atoms with van der Waals surface area (Å²) in [5, 5.41) is 4.86. The van der Waals surface area contributed by atoms with Gasteiger partial charge in [-0.3, -0.25) is 0 Å². The number of hydrogen-bond acceptors (Lipinski definition) is 2. The Morgan fingerprint density at radius 2 is 2.00 bits per heavy atom. The minimum atomic E-state index is -3.84. The summed E-state index contributed by atoms with van der Waals surface area (Å²) >= 11 is 4.70. The Bertz CT molecular complexity index is 448. The van der Waals surface area contributed by atoms with Crippen LogP contribution in [0.4, 0.5) is 4.39 Å². The first-order chi connectivity index (χ1) is 5.82. The molecule has 0 saturated heterocycles. The van der Waals surface area contributed by atoms with Crippen molar-refractivity contribution in [1.29, 1.82) is 0 Å². The Kier molecular flexibility index (Phi) is 3.31. The zero-order chi connectivity index (χ0) is 10.2. The second-order valence-electron chi connectivity index (χ2n) is 2.24. The van der Waals surface area contributed by atoms with Gasteiger partial charge in [0.05, 0.1) is 9.37 Å². The van der Waals surface area contributed by atoms with Gasteiger partial charge in [-0.05, 0) is 50.7 Å². The van der Waals surface area contributed by atoms with E-state index in [1.807, 2.05) is 0 Å².